The summed E-state index contributed by atoms with van der Waals surface area (Å²) < 4.78 is 39.0. The Kier molecular flexibility index (Phi) is 3.80. The number of aryl methyl sites for hydroxylation is 2. The predicted molar refractivity (Wildman–Crippen MR) is 68.6 cm³/mol. The highest BCUT2D eigenvalue weighted by Crippen LogP contribution is 2.28. The molecule has 0 spiro atoms. The highest BCUT2D eigenvalue weighted by Gasteiger charge is 2.33. The Morgan fingerprint density at radius 3 is 2.55 bits per heavy atom. The number of nitrogens with zero attached hydrogens (tertiary/aromatic N) is 3. The predicted octanol–water partition coefficient (Wildman–Crippen LogP) is 2.62. The zero-order chi connectivity index (χ0) is 14.9. The van der Waals surface area contributed by atoms with Crippen LogP contribution in [0.4, 0.5) is 13.2 Å². The molecule has 0 aliphatic rings. The minimum atomic E-state index is -4.45. The molecule has 7 heteroatoms. The second-order valence-corrected chi connectivity index (χ2v) is 4.56. The fraction of sp³-hybridized carbons (Fsp3) is 0.385. The van der Waals surface area contributed by atoms with Gasteiger partial charge in [0.15, 0.2) is 11.5 Å². The Morgan fingerprint density at radius 2 is 2.00 bits per heavy atom. The average Bonchev–Trinajstić information content (AvgIpc) is 2.81. The third-order valence-corrected chi connectivity index (χ3v) is 2.90. The van der Waals surface area contributed by atoms with Gasteiger partial charge in [-0.1, -0.05) is 0 Å². The second-order valence-electron chi connectivity index (χ2n) is 4.56. The maximum absolute atomic E-state index is 12.6. The van der Waals surface area contributed by atoms with E-state index < -0.39 is 11.9 Å². The Morgan fingerprint density at radius 1 is 1.30 bits per heavy atom. The first-order chi connectivity index (χ1) is 9.32. The number of hydrogen-bond acceptors (Lipinski definition) is 3. The molecule has 0 radical (unpaired) electrons. The highest BCUT2D eigenvalue weighted by atomic mass is 19.4. The zero-order valence-electron chi connectivity index (χ0n) is 11.4. The monoisotopic (exact) mass is 284 g/mol. The van der Waals surface area contributed by atoms with E-state index in [0.29, 0.717) is 12.4 Å². The van der Waals surface area contributed by atoms with E-state index in [1.807, 2.05) is 13.0 Å². The number of halogens is 3. The van der Waals surface area contributed by atoms with E-state index in [0.717, 1.165) is 22.9 Å². The molecular weight excluding hydrogens is 269 g/mol. The SMILES string of the molecule is CNCc1c(C)cc(C)nc1-n1ccc(C(F)(F)F)n1. The van der Waals surface area contributed by atoms with Gasteiger partial charge in [0, 0.05) is 24.0 Å². The number of nitrogens with one attached hydrogen (secondary N) is 1. The molecule has 0 aliphatic heterocycles. The lowest BCUT2D eigenvalue weighted by atomic mass is 10.1. The highest BCUT2D eigenvalue weighted by molar-refractivity contribution is 5.41. The van der Waals surface area contributed by atoms with Crippen LogP contribution in [0.25, 0.3) is 5.82 Å². The fourth-order valence-electron chi connectivity index (χ4n) is 2.02. The standard InChI is InChI=1S/C13H15F3N4/c1-8-6-9(2)18-12(10(8)7-17-3)20-5-4-11(19-20)13(14,15)16/h4-6,17H,7H2,1-3H3. The molecule has 0 aromatic carbocycles. The van der Waals surface area contributed by atoms with E-state index in [1.165, 1.54) is 10.9 Å². The van der Waals surface area contributed by atoms with Gasteiger partial charge in [-0.3, -0.25) is 0 Å². The van der Waals surface area contributed by atoms with Crippen LogP contribution in [0.5, 0.6) is 0 Å². The average molecular weight is 284 g/mol. The Hall–Kier alpha value is -1.89. The first-order valence-electron chi connectivity index (χ1n) is 6.08. The molecule has 1 N–H and O–H groups in total. The Labute approximate surface area is 114 Å². The van der Waals surface area contributed by atoms with Gasteiger partial charge in [-0.25, -0.2) is 9.67 Å². The van der Waals surface area contributed by atoms with Crippen molar-refractivity contribution in [3.8, 4) is 5.82 Å². The van der Waals surface area contributed by atoms with Crippen molar-refractivity contribution in [2.24, 2.45) is 0 Å². The van der Waals surface area contributed by atoms with Crippen LogP contribution >= 0.6 is 0 Å². The van der Waals surface area contributed by atoms with E-state index in [1.54, 1.807) is 14.0 Å². The van der Waals surface area contributed by atoms with Gasteiger partial charge in [-0.15, -0.1) is 0 Å². The van der Waals surface area contributed by atoms with Gasteiger partial charge in [0.25, 0.3) is 0 Å². The van der Waals surface area contributed by atoms with Gasteiger partial charge in [-0.05, 0) is 38.6 Å². The fourth-order valence-corrected chi connectivity index (χ4v) is 2.02. The quantitative estimate of drug-likeness (QED) is 0.942. The largest absolute Gasteiger partial charge is 0.435 e. The zero-order valence-corrected chi connectivity index (χ0v) is 11.4. The van der Waals surface area contributed by atoms with Crippen LogP contribution in [-0.4, -0.2) is 21.8 Å². The van der Waals surface area contributed by atoms with Crippen LogP contribution in [-0.2, 0) is 12.7 Å². The summed E-state index contributed by atoms with van der Waals surface area (Å²) in [6.07, 6.45) is -3.17. The van der Waals surface area contributed by atoms with Gasteiger partial charge in [-0.2, -0.15) is 18.3 Å². The van der Waals surface area contributed by atoms with Crippen LogP contribution in [0.2, 0.25) is 0 Å². The summed E-state index contributed by atoms with van der Waals surface area (Å²) in [5, 5.41) is 6.57. The molecule has 0 amide bonds. The molecule has 0 aliphatic carbocycles. The number of hydrogen-bond donors (Lipinski definition) is 1. The van der Waals surface area contributed by atoms with Crippen molar-refractivity contribution in [1.29, 1.82) is 0 Å². The van der Waals surface area contributed by atoms with Crippen LogP contribution in [0.1, 0.15) is 22.5 Å². The summed E-state index contributed by atoms with van der Waals surface area (Å²) in [6, 6.07) is 2.84. The second kappa shape index (κ2) is 5.24. The molecular formula is C13H15F3N4. The molecule has 2 aromatic heterocycles. The first-order valence-corrected chi connectivity index (χ1v) is 6.08. The third kappa shape index (κ3) is 2.82. The molecule has 2 aromatic rings. The van der Waals surface area contributed by atoms with Gasteiger partial charge in [0.05, 0.1) is 0 Å². The Balaban J connectivity index is 2.54. The molecule has 0 fully saturated rings. The number of alkyl halides is 3. The lowest BCUT2D eigenvalue weighted by Crippen LogP contribution is -2.14. The molecule has 0 saturated carbocycles. The summed E-state index contributed by atoms with van der Waals surface area (Å²) in [5.74, 6) is 0.423. The summed E-state index contributed by atoms with van der Waals surface area (Å²) in [6.45, 7) is 4.21. The maximum Gasteiger partial charge on any atom is 0.435 e. The first kappa shape index (κ1) is 14.5. The molecule has 0 bridgehead atoms. The van der Waals surface area contributed by atoms with Crippen LogP contribution in [0.3, 0.4) is 0 Å². The molecule has 2 rings (SSSR count). The van der Waals surface area contributed by atoms with E-state index in [-0.39, 0.29) is 0 Å². The van der Waals surface area contributed by atoms with Crippen molar-refractivity contribution < 1.29 is 13.2 Å². The molecule has 0 saturated heterocycles. The van der Waals surface area contributed by atoms with Crippen molar-refractivity contribution in [3.63, 3.8) is 0 Å². The van der Waals surface area contributed by atoms with Crippen molar-refractivity contribution in [3.05, 3.63) is 40.8 Å². The van der Waals surface area contributed by atoms with E-state index in [2.05, 4.69) is 15.4 Å². The van der Waals surface area contributed by atoms with E-state index in [4.69, 9.17) is 0 Å². The van der Waals surface area contributed by atoms with Crippen molar-refractivity contribution in [2.45, 2.75) is 26.6 Å². The van der Waals surface area contributed by atoms with E-state index >= 15 is 0 Å². The number of rotatable bonds is 3. The lowest BCUT2D eigenvalue weighted by Gasteiger charge is -2.12. The summed E-state index contributed by atoms with van der Waals surface area (Å²) >= 11 is 0. The number of pyridine rings is 1. The van der Waals surface area contributed by atoms with Gasteiger partial charge < -0.3 is 5.32 Å². The van der Waals surface area contributed by atoms with Crippen LogP contribution in [0, 0.1) is 13.8 Å². The van der Waals surface area contributed by atoms with Crippen molar-refractivity contribution >= 4 is 0 Å². The van der Waals surface area contributed by atoms with Crippen LogP contribution < -0.4 is 5.32 Å². The van der Waals surface area contributed by atoms with E-state index in [9.17, 15) is 13.2 Å². The smallest absolute Gasteiger partial charge is 0.316 e. The van der Waals surface area contributed by atoms with Crippen molar-refractivity contribution in [1.82, 2.24) is 20.1 Å². The van der Waals surface area contributed by atoms with Gasteiger partial charge >= 0.3 is 6.18 Å². The minimum Gasteiger partial charge on any atom is -0.316 e. The molecule has 108 valence electrons. The summed E-state index contributed by atoms with van der Waals surface area (Å²) in [5.41, 5.74) is 1.61. The van der Waals surface area contributed by atoms with Gasteiger partial charge in [0.1, 0.15) is 0 Å². The lowest BCUT2D eigenvalue weighted by molar-refractivity contribution is -0.141. The maximum atomic E-state index is 12.6. The summed E-state index contributed by atoms with van der Waals surface area (Å²) in [7, 11) is 1.77. The van der Waals surface area contributed by atoms with Crippen LogP contribution in [0.15, 0.2) is 18.3 Å². The van der Waals surface area contributed by atoms with Crippen molar-refractivity contribution in [2.75, 3.05) is 7.05 Å². The molecule has 0 atom stereocenters. The number of aromatic nitrogens is 3. The Bertz CT molecular complexity index is 617. The van der Waals surface area contributed by atoms with Gasteiger partial charge in [0.2, 0.25) is 0 Å². The minimum absolute atomic E-state index is 0.423. The molecule has 2 heterocycles. The molecule has 0 unspecified atom stereocenters. The third-order valence-electron chi connectivity index (χ3n) is 2.90. The normalized spacial score (nSPS) is 11.9. The molecule has 4 nitrogen and oxygen atoms in total. The summed E-state index contributed by atoms with van der Waals surface area (Å²) in [4.78, 5) is 4.31. The molecule has 20 heavy (non-hydrogen) atoms. The topological polar surface area (TPSA) is 42.7 Å².